The van der Waals surface area contributed by atoms with E-state index in [4.69, 9.17) is 19.3 Å². The summed E-state index contributed by atoms with van der Waals surface area (Å²) in [5, 5.41) is 8.47. The van der Waals surface area contributed by atoms with E-state index in [2.05, 4.69) is 13.2 Å². The van der Waals surface area contributed by atoms with Gasteiger partial charge in [0.2, 0.25) is 0 Å². The quantitative estimate of drug-likeness (QED) is 0.122. The number of carbonyl (C=O) groups excluding carboxylic acids is 3. The van der Waals surface area contributed by atoms with Gasteiger partial charge in [-0.1, -0.05) is 13.2 Å². The van der Waals surface area contributed by atoms with Crippen molar-refractivity contribution in [1.29, 1.82) is 0 Å². The number of aliphatic carboxylic acids is 1. The van der Waals surface area contributed by atoms with Crippen molar-refractivity contribution >= 4 is 31.0 Å². The molecule has 0 bridgehead atoms. The van der Waals surface area contributed by atoms with E-state index >= 15 is 0 Å². The third-order valence-electron chi connectivity index (χ3n) is 3.90. The minimum atomic E-state index is -2.71. The molecule has 0 aromatic heterocycles. The molecule has 0 aliphatic carbocycles. The first-order valence-electron chi connectivity index (χ1n) is 9.77. The molecule has 0 saturated heterocycles. The van der Waals surface area contributed by atoms with Crippen LogP contribution < -0.4 is 0 Å². The topological polar surface area (TPSA) is 133 Å². The van der Waals surface area contributed by atoms with Crippen molar-refractivity contribution < 1.29 is 43.1 Å². The van der Waals surface area contributed by atoms with Crippen LogP contribution in [0.2, 0.25) is 0 Å². The van der Waals surface area contributed by atoms with Gasteiger partial charge in [-0.3, -0.25) is 0 Å². The SMILES string of the molecule is C=C(C)C(=O)OCCCP(=O)(CCCOC(=O)C=CC(=O)O)CCCOC(=O)C(=C)C. The summed E-state index contributed by atoms with van der Waals surface area (Å²) in [6, 6.07) is 0. The minimum Gasteiger partial charge on any atom is -0.478 e. The fourth-order valence-corrected chi connectivity index (χ4v) is 5.12. The zero-order chi connectivity index (χ0) is 23.9. The average molecular weight is 458 g/mol. The molecule has 0 aromatic carbocycles. The number of carbonyl (C=O) groups is 4. The molecule has 0 aliphatic rings. The predicted octanol–water partition coefficient (Wildman–Crippen LogP) is 2.94. The first kappa shape index (κ1) is 28.3. The normalized spacial score (nSPS) is 11.0. The molecule has 0 atom stereocenters. The molecule has 0 unspecified atom stereocenters. The Morgan fingerprint density at radius 1 is 0.774 bits per heavy atom. The Hall–Kier alpha value is -2.67. The van der Waals surface area contributed by atoms with Crippen LogP contribution in [-0.4, -0.2) is 67.3 Å². The van der Waals surface area contributed by atoms with Gasteiger partial charge in [-0.25, -0.2) is 19.2 Å². The van der Waals surface area contributed by atoms with Gasteiger partial charge in [0.25, 0.3) is 0 Å². The number of hydrogen-bond acceptors (Lipinski definition) is 8. The average Bonchev–Trinajstić information content (AvgIpc) is 2.69. The Bertz CT molecular complexity index is 714. The van der Waals surface area contributed by atoms with E-state index in [-0.39, 0.29) is 37.1 Å². The van der Waals surface area contributed by atoms with Gasteiger partial charge in [0.1, 0.15) is 0 Å². The lowest BCUT2D eigenvalue weighted by molar-refractivity contribution is -0.139. The predicted molar refractivity (Wildman–Crippen MR) is 115 cm³/mol. The summed E-state index contributed by atoms with van der Waals surface area (Å²) in [4.78, 5) is 44.6. The molecule has 0 aliphatic heterocycles. The molecule has 0 saturated carbocycles. The third kappa shape index (κ3) is 14.9. The highest BCUT2D eigenvalue weighted by molar-refractivity contribution is 7.63. The minimum absolute atomic E-state index is 0.0118. The van der Waals surface area contributed by atoms with Gasteiger partial charge in [0.15, 0.2) is 0 Å². The summed E-state index contributed by atoms with van der Waals surface area (Å²) in [7, 11) is -2.71. The molecule has 174 valence electrons. The van der Waals surface area contributed by atoms with E-state index < -0.39 is 31.0 Å². The maximum atomic E-state index is 13.3. The van der Waals surface area contributed by atoms with Crippen molar-refractivity contribution in [3.63, 3.8) is 0 Å². The number of hydrogen-bond donors (Lipinski definition) is 1. The standard InChI is InChI=1S/C21H31O9P/c1-16(2)20(25)29-11-6-14-31(27,15-7-12-30-21(26)17(3)4)13-5-10-28-19(24)9-8-18(22)23/h8-9H,1,3,5-7,10-15H2,2,4H3,(H,22,23). The molecule has 0 rings (SSSR count). The van der Waals surface area contributed by atoms with E-state index in [1.807, 2.05) is 0 Å². The fraction of sp³-hybridized carbons (Fsp3) is 0.524. The fourth-order valence-electron chi connectivity index (χ4n) is 2.33. The van der Waals surface area contributed by atoms with Gasteiger partial charge in [-0.2, -0.15) is 0 Å². The second-order valence-electron chi connectivity index (χ2n) is 6.96. The molecule has 1 N–H and O–H groups in total. The molecule has 0 radical (unpaired) electrons. The smallest absolute Gasteiger partial charge is 0.333 e. The van der Waals surface area contributed by atoms with E-state index in [1.54, 1.807) is 0 Å². The Labute approximate surface area is 182 Å². The molecule has 31 heavy (non-hydrogen) atoms. The van der Waals surface area contributed by atoms with Crippen molar-refractivity contribution in [3.8, 4) is 0 Å². The zero-order valence-corrected chi connectivity index (χ0v) is 19.0. The summed E-state index contributed by atoms with van der Waals surface area (Å²) in [5.74, 6) is -3.08. The van der Waals surface area contributed by atoms with E-state index in [9.17, 15) is 23.7 Å². The van der Waals surface area contributed by atoms with Crippen LogP contribution in [0.3, 0.4) is 0 Å². The second kappa shape index (κ2) is 15.2. The molecule has 0 heterocycles. The first-order valence-corrected chi connectivity index (χ1v) is 12.0. The lowest BCUT2D eigenvalue weighted by Crippen LogP contribution is -2.12. The van der Waals surface area contributed by atoms with E-state index in [1.165, 1.54) is 13.8 Å². The first-order chi connectivity index (χ1) is 14.5. The van der Waals surface area contributed by atoms with Crippen LogP contribution in [0.5, 0.6) is 0 Å². The Balaban J connectivity index is 4.60. The highest BCUT2D eigenvalue weighted by Crippen LogP contribution is 2.47. The number of carboxylic acids is 1. The summed E-state index contributed by atoms with van der Waals surface area (Å²) < 4.78 is 28.2. The summed E-state index contributed by atoms with van der Waals surface area (Å²) in [6.07, 6.45) is 3.49. The highest BCUT2D eigenvalue weighted by atomic mass is 31.2. The van der Waals surface area contributed by atoms with Gasteiger partial charge < -0.3 is 23.9 Å². The van der Waals surface area contributed by atoms with Crippen LogP contribution in [0.4, 0.5) is 0 Å². The lowest BCUT2D eigenvalue weighted by atomic mass is 10.4. The van der Waals surface area contributed by atoms with Crippen molar-refractivity contribution in [3.05, 3.63) is 36.5 Å². The molecule has 10 heteroatoms. The monoisotopic (exact) mass is 458 g/mol. The van der Waals surface area contributed by atoms with Crippen LogP contribution in [0.15, 0.2) is 36.5 Å². The zero-order valence-electron chi connectivity index (χ0n) is 18.1. The number of carboxylic acid groups (broad SMARTS) is 1. The Kier molecular flexibility index (Phi) is 13.9. The highest BCUT2D eigenvalue weighted by Gasteiger charge is 2.22. The van der Waals surface area contributed by atoms with Gasteiger partial charge in [0.05, 0.1) is 27.0 Å². The molecule has 0 fully saturated rings. The van der Waals surface area contributed by atoms with Gasteiger partial charge in [-0.05, 0) is 33.1 Å². The Morgan fingerprint density at radius 3 is 1.52 bits per heavy atom. The summed E-state index contributed by atoms with van der Waals surface area (Å²) in [6.45, 7) is 10.2. The molecule has 9 nitrogen and oxygen atoms in total. The van der Waals surface area contributed by atoms with Crippen LogP contribution in [0.1, 0.15) is 33.1 Å². The number of rotatable bonds is 16. The maximum absolute atomic E-state index is 13.3. The largest absolute Gasteiger partial charge is 0.478 e. The molecular formula is C21H31O9P. The summed E-state index contributed by atoms with van der Waals surface area (Å²) in [5.41, 5.74) is 0.558. The maximum Gasteiger partial charge on any atom is 0.333 e. The van der Waals surface area contributed by atoms with Crippen LogP contribution in [0.25, 0.3) is 0 Å². The summed E-state index contributed by atoms with van der Waals surface area (Å²) >= 11 is 0. The van der Waals surface area contributed by atoms with Crippen molar-refractivity contribution in [2.45, 2.75) is 33.1 Å². The van der Waals surface area contributed by atoms with E-state index in [0.717, 1.165) is 6.08 Å². The number of ether oxygens (including phenoxy) is 3. The van der Waals surface area contributed by atoms with Crippen LogP contribution >= 0.6 is 7.14 Å². The van der Waals surface area contributed by atoms with Gasteiger partial charge in [-0.15, -0.1) is 0 Å². The molecule has 0 aromatic rings. The van der Waals surface area contributed by atoms with Crippen LogP contribution in [0, 0.1) is 0 Å². The lowest BCUT2D eigenvalue weighted by Gasteiger charge is -2.18. The second-order valence-corrected chi connectivity index (χ2v) is 10.4. The van der Waals surface area contributed by atoms with Crippen molar-refractivity contribution in [2.24, 2.45) is 0 Å². The van der Waals surface area contributed by atoms with Gasteiger partial charge in [0, 0.05) is 41.8 Å². The van der Waals surface area contributed by atoms with Gasteiger partial charge >= 0.3 is 23.9 Å². The van der Waals surface area contributed by atoms with Crippen LogP contribution in [-0.2, 0) is 38.0 Å². The van der Waals surface area contributed by atoms with Crippen molar-refractivity contribution in [2.75, 3.05) is 38.3 Å². The van der Waals surface area contributed by atoms with E-state index in [0.29, 0.717) is 37.7 Å². The van der Waals surface area contributed by atoms with Crippen molar-refractivity contribution in [1.82, 2.24) is 0 Å². The molecular weight excluding hydrogens is 427 g/mol. The molecule has 0 amide bonds. The third-order valence-corrected chi connectivity index (χ3v) is 7.29. The molecule has 0 spiro atoms. The number of esters is 3. The Morgan fingerprint density at radius 2 is 1.16 bits per heavy atom.